The third-order valence-electron chi connectivity index (χ3n) is 5.49. The molecule has 3 aliphatic rings. The number of likely N-dealkylation sites (tertiary alicyclic amines) is 1. The van der Waals surface area contributed by atoms with E-state index in [9.17, 15) is 9.59 Å². The Labute approximate surface area is 132 Å². The van der Waals surface area contributed by atoms with Crippen molar-refractivity contribution in [2.45, 2.75) is 44.9 Å². The highest BCUT2D eigenvalue weighted by atomic mass is 16.5. The average molecular weight is 306 g/mol. The zero-order chi connectivity index (χ0) is 15.6. The molecule has 2 aliphatic heterocycles. The molecule has 5 heteroatoms. The number of hydrogen-bond acceptors (Lipinski definition) is 3. The lowest BCUT2D eigenvalue weighted by atomic mass is 9.70. The average Bonchev–Trinajstić information content (AvgIpc) is 2.57. The van der Waals surface area contributed by atoms with Crippen LogP contribution in [0.1, 0.15) is 44.9 Å². The van der Waals surface area contributed by atoms with Gasteiger partial charge in [-0.25, -0.2) is 0 Å². The van der Waals surface area contributed by atoms with E-state index in [1.807, 2.05) is 11.9 Å². The molecule has 0 bridgehead atoms. The van der Waals surface area contributed by atoms with E-state index < -0.39 is 0 Å². The molecule has 122 valence electrons. The maximum Gasteiger partial charge on any atom is 0.226 e. The van der Waals surface area contributed by atoms with Crippen LogP contribution in [0.4, 0.5) is 0 Å². The Bertz CT molecular complexity index is 482. The minimum atomic E-state index is -0.0399. The van der Waals surface area contributed by atoms with Gasteiger partial charge in [-0.3, -0.25) is 9.59 Å². The Balaban J connectivity index is 1.66. The summed E-state index contributed by atoms with van der Waals surface area (Å²) >= 11 is 0. The fourth-order valence-corrected chi connectivity index (χ4v) is 4.05. The number of nitrogens with one attached hydrogen (secondary N) is 1. The second-order valence-corrected chi connectivity index (χ2v) is 6.82. The SMILES string of the molecule is CN1C(=O)CCC2(CNC(=O)C3CCOCC3)CCCC=C12. The van der Waals surface area contributed by atoms with Gasteiger partial charge >= 0.3 is 0 Å². The van der Waals surface area contributed by atoms with Crippen LogP contribution >= 0.6 is 0 Å². The summed E-state index contributed by atoms with van der Waals surface area (Å²) in [5, 5.41) is 3.17. The van der Waals surface area contributed by atoms with Crippen molar-refractivity contribution in [3.63, 3.8) is 0 Å². The highest BCUT2D eigenvalue weighted by Crippen LogP contribution is 2.45. The summed E-state index contributed by atoms with van der Waals surface area (Å²) in [6.07, 6.45) is 8.50. The topological polar surface area (TPSA) is 58.6 Å². The molecule has 0 saturated carbocycles. The van der Waals surface area contributed by atoms with Crippen LogP contribution in [0.2, 0.25) is 0 Å². The lowest BCUT2D eigenvalue weighted by Crippen LogP contribution is -2.50. The Morgan fingerprint density at radius 3 is 2.95 bits per heavy atom. The molecule has 0 radical (unpaired) electrons. The molecule has 0 aromatic carbocycles. The van der Waals surface area contributed by atoms with Crippen molar-refractivity contribution in [2.75, 3.05) is 26.8 Å². The number of allylic oxidation sites excluding steroid dienone is 1. The van der Waals surface area contributed by atoms with E-state index in [0.717, 1.165) is 44.2 Å². The molecule has 1 N–H and O–H groups in total. The van der Waals surface area contributed by atoms with Crippen molar-refractivity contribution in [3.8, 4) is 0 Å². The van der Waals surface area contributed by atoms with Gasteiger partial charge < -0.3 is 15.0 Å². The molecule has 1 atom stereocenters. The summed E-state index contributed by atoms with van der Waals surface area (Å²) in [6, 6.07) is 0. The van der Waals surface area contributed by atoms with Crippen LogP contribution in [0.25, 0.3) is 0 Å². The lowest BCUT2D eigenvalue weighted by Gasteiger charge is -2.46. The molecule has 2 fully saturated rings. The molecule has 0 spiro atoms. The smallest absolute Gasteiger partial charge is 0.226 e. The molecule has 5 nitrogen and oxygen atoms in total. The largest absolute Gasteiger partial charge is 0.381 e. The summed E-state index contributed by atoms with van der Waals surface area (Å²) < 4.78 is 5.32. The third kappa shape index (κ3) is 2.91. The highest BCUT2D eigenvalue weighted by molar-refractivity contribution is 5.80. The molecule has 3 rings (SSSR count). The monoisotopic (exact) mass is 306 g/mol. The van der Waals surface area contributed by atoms with E-state index in [-0.39, 0.29) is 23.1 Å². The van der Waals surface area contributed by atoms with E-state index in [1.165, 1.54) is 0 Å². The number of carbonyl (C=O) groups excluding carboxylic acids is 2. The van der Waals surface area contributed by atoms with Gasteiger partial charge in [0, 0.05) is 50.3 Å². The first-order valence-corrected chi connectivity index (χ1v) is 8.45. The van der Waals surface area contributed by atoms with Crippen molar-refractivity contribution in [2.24, 2.45) is 11.3 Å². The molecule has 2 heterocycles. The standard InChI is InChI=1S/C17H26N2O3/c1-19-14-4-2-3-8-17(14,9-5-15(19)20)12-18-16(21)13-6-10-22-11-7-13/h4,13H,2-3,5-12H2,1H3,(H,18,21). The van der Waals surface area contributed by atoms with Crippen LogP contribution < -0.4 is 5.32 Å². The summed E-state index contributed by atoms with van der Waals surface area (Å²) in [5.74, 6) is 0.436. The number of piperidine rings is 1. The molecule has 1 unspecified atom stereocenters. The fourth-order valence-electron chi connectivity index (χ4n) is 4.05. The Kier molecular flexibility index (Phi) is 4.52. The number of hydrogen-bond donors (Lipinski definition) is 1. The Morgan fingerprint density at radius 1 is 1.41 bits per heavy atom. The number of nitrogens with zero attached hydrogens (tertiary/aromatic N) is 1. The first-order chi connectivity index (χ1) is 10.6. The number of fused-ring (bicyclic) bond motifs is 1. The van der Waals surface area contributed by atoms with Gasteiger partial charge in [0.1, 0.15) is 0 Å². The first kappa shape index (κ1) is 15.5. The molecule has 2 amide bonds. The van der Waals surface area contributed by atoms with Crippen LogP contribution in [-0.2, 0) is 14.3 Å². The van der Waals surface area contributed by atoms with Crippen LogP contribution in [0.5, 0.6) is 0 Å². The summed E-state index contributed by atoms with van der Waals surface area (Å²) in [6.45, 7) is 2.03. The molecular formula is C17H26N2O3. The number of rotatable bonds is 3. The quantitative estimate of drug-likeness (QED) is 0.865. The van der Waals surface area contributed by atoms with E-state index in [0.29, 0.717) is 26.2 Å². The minimum absolute atomic E-state index is 0.0399. The van der Waals surface area contributed by atoms with Gasteiger partial charge in [0.25, 0.3) is 0 Å². The zero-order valence-corrected chi connectivity index (χ0v) is 13.4. The second kappa shape index (κ2) is 6.41. The van der Waals surface area contributed by atoms with E-state index in [1.54, 1.807) is 0 Å². The molecule has 22 heavy (non-hydrogen) atoms. The summed E-state index contributed by atoms with van der Waals surface area (Å²) in [7, 11) is 1.87. The van der Waals surface area contributed by atoms with Gasteiger partial charge in [-0.2, -0.15) is 0 Å². The predicted octanol–water partition coefficient (Wildman–Crippen LogP) is 1.84. The Morgan fingerprint density at radius 2 is 2.18 bits per heavy atom. The summed E-state index contributed by atoms with van der Waals surface area (Å²) in [5.41, 5.74) is 1.09. The van der Waals surface area contributed by atoms with Crippen LogP contribution in [0.3, 0.4) is 0 Å². The maximum absolute atomic E-state index is 12.4. The van der Waals surface area contributed by atoms with Crippen molar-refractivity contribution >= 4 is 11.8 Å². The summed E-state index contributed by atoms with van der Waals surface area (Å²) in [4.78, 5) is 26.2. The first-order valence-electron chi connectivity index (χ1n) is 8.45. The van der Waals surface area contributed by atoms with Gasteiger partial charge in [0.05, 0.1) is 0 Å². The van der Waals surface area contributed by atoms with Crippen molar-refractivity contribution in [1.82, 2.24) is 10.2 Å². The van der Waals surface area contributed by atoms with Gasteiger partial charge in [-0.05, 0) is 38.5 Å². The Hall–Kier alpha value is -1.36. The van der Waals surface area contributed by atoms with E-state index in [4.69, 9.17) is 4.74 Å². The van der Waals surface area contributed by atoms with E-state index >= 15 is 0 Å². The van der Waals surface area contributed by atoms with Crippen molar-refractivity contribution in [3.05, 3.63) is 11.8 Å². The van der Waals surface area contributed by atoms with Crippen LogP contribution in [0.15, 0.2) is 11.8 Å². The molecular weight excluding hydrogens is 280 g/mol. The normalized spacial score (nSPS) is 29.8. The van der Waals surface area contributed by atoms with Gasteiger partial charge in [-0.1, -0.05) is 6.08 Å². The molecule has 1 aliphatic carbocycles. The minimum Gasteiger partial charge on any atom is -0.381 e. The third-order valence-corrected chi connectivity index (χ3v) is 5.49. The maximum atomic E-state index is 12.4. The fraction of sp³-hybridized carbons (Fsp3) is 0.765. The van der Waals surface area contributed by atoms with Gasteiger partial charge in [0.15, 0.2) is 0 Å². The lowest BCUT2D eigenvalue weighted by molar-refractivity contribution is -0.133. The zero-order valence-electron chi connectivity index (χ0n) is 13.4. The number of carbonyl (C=O) groups is 2. The van der Waals surface area contributed by atoms with Crippen molar-refractivity contribution in [1.29, 1.82) is 0 Å². The van der Waals surface area contributed by atoms with Gasteiger partial charge in [0.2, 0.25) is 11.8 Å². The number of amides is 2. The highest BCUT2D eigenvalue weighted by Gasteiger charge is 2.43. The molecule has 2 saturated heterocycles. The van der Waals surface area contributed by atoms with E-state index in [2.05, 4.69) is 11.4 Å². The van der Waals surface area contributed by atoms with Gasteiger partial charge in [-0.15, -0.1) is 0 Å². The molecule has 0 aromatic rings. The second-order valence-electron chi connectivity index (χ2n) is 6.82. The number of ether oxygens (including phenoxy) is 1. The van der Waals surface area contributed by atoms with Crippen LogP contribution in [-0.4, -0.2) is 43.5 Å². The van der Waals surface area contributed by atoms with Crippen molar-refractivity contribution < 1.29 is 14.3 Å². The molecule has 0 aromatic heterocycles. The van der Waals surface area contributed by atoms with Crippen LogP contribution in [0, 0.1) is 11.3 Å². The predicted molar refractivity (Wildman–Crippen MR) is 82.9 cm³/mol.